The van der Waals surface area contributed by atoms with Gasteiger partial charge in [0.15, 0.2) is 12.4 Å². The van der Waals surface area contributed by atoms with Crippen molar-refractivity contribution in [2.24, 2.45) is 0 Å². The molecule has 0 radical (unpaired) electrons. The minimum Gasteiger partial charge on any atom is -0.452 e. The molecule has 2 heterocycles. The maximum Gasteiger partial charge on any atom is 0.342 e. The van der Waals surface area contributed by atoms with Crippen LogP contribution in [0.25, 0.3) is 5.82 Å². The van der Waals surface area contributed by atoms with Crippen LogP contribution in [0.15, 0.2) is 60.9 Å². The molecule has 1 N–H and O–H groups in total. The zero-order valence-electron chi connectivity index (χ0n) is 17.7. The highest BCUT2D eigenvalue weighted by Gasteiger charge is 2.44. The fraction of sp³-hybridized carbons (Fsp3) is 0.333. The van der Waals surface area contributed by atoms with Crippen LogP contribution in [0.4, 0.5) is 0 Å². The minimum atomic E-state index is -0.565. The van der Waals surface area contributed by atoms with Crippen molar-refractivity contribution in [3.8, 4) is 5.82 Å². The Bertz CT molecular complexity index is 1060. The number of carbonyl (C=O) groups is 2. The van der Waals surface area contributed by atoms with E-state index < -0.39 is 5.97 Å². The number of ether oxygens (including phenoxy) is 1. The van der Waals surface area contributed by atoms with Crippen LogP contribution in [-0.2, 0) is 14.9 Å². The van der Waals surface area contributed by atoms with Crippen LogP contribution in [0.1, 0.15) is 54.2 Å². The summed E-state index contributed by atoms with van der Waals surface area (Å²) in [5, 5.41) is 7.23. The SMILES string of the molecule is CC(C)c1c(C(=O)OCC(=O)NCC2(c3ccccc3)CC2)cnn1-c1ccccn1. The van der Waals surface area contributed by atoms with Gasteiger partial charge in [0.2, 0.25) is 0 Å². The number of nitrogens with zero attached hydrogens (tertiary/aromatic N) is 3. The van der Waals surface area contributed by atoms with Gasteiger partial charge >= 0.3 is 5.97 Å². The van der Waals surface area contributed by atoms with E-state index in [-0.39, 0.29) is 23.8 Å². The summed E-state index contributed by atoms with van der Waals surface area (Å²) in [6.45, 7) is 4.16. The third-order valence-electron chi connectivity index (χ3n) is 5.64. The number of esters is 1. The first-order valence-electron chi connectivity index (χ1n) is 10.5. The van der Waals surface area contributed by atoms with Gasteiger partial charge in [0.25, 0.3) is 5.91 Å². The summed E-state index contributed by atoms with van der Waals surface area (Å²) >= 11 is 0. The fourth-order valence-corrected chi connectivity index (χ4v) is 3.77. The zero-order chi connectivity index (χ0) is 21.8. The van der Waals surface area contributed by atoms with Crippen LogP contribution in [0.5, 0.6) is 0 Å². The minimum absolute atomic E-state index is 0.00949. The Morgan fingerprint density at radius 3 is 2.52 bits per heavy atom. The van der Waals surface area contributed by atoms with E-state index >= 15 is 0 Å². The molecule has 2 aromatic heterocycles. The molecule has 31 heavy (non-hydrogen) atoms. The molecule has 0 unspecified atom stereocenters. The number of benzene rings is 1. The van der Waals surface area contributed by atoms with Gasteiger partial charge in [-0.3, -0.25) is 4.79 Å². The quantitative estimate of drug-likeness (QED) is 0.567. The number of hydrogen-bond acceptors (Lipinski definition) is 5. The molecule has 7 heteroatoms. The van der Waals surface area contributed by atoms with E-state index in [4.69, 9.17) is 4.74 Å². The van der Waals surface area contributed by atoms with Crippen LogP contribution in [0.3, 0.4) is 0 Å². The fourth-order valence-electron chi connectivity index (χ4n) is 3.77. The molecule has 7 nitrogen and oxygen atoms in total. The predicted octanol–water partition coefficient (Wildman–Crippen LogP) is 3.40. The maximum absolute atomic E-state index is 12.7. The van der Waals surface area contributed by atoms with Crippen LogP contribution in [0.2, 0.25) is 0 Å². The van der Waals surface area contributed by atoms with E-state index in [1.54, 1.807) is 10.9 Å². The van der Waals surface area contributed by atoms with Gasteiger partial charge in [-0.05, 0) is 36.5 Å². The van der Waals surface area contributed by atoms with Crippen LogP contribution in [-0.4, -0.2) is 39.8 Å². The molecule has 4 rings (SSSR count). The Labute approximate surface area is 181 Å². The molecule has 160 valence electrons. The summed E-state index contributed by atoms with van der Waals surface area (Å²) in [7, 11) is 0. The second kappa shape index (κ2) is 8.71. The Morgan fingerprint density at radius 2 is 1.87 bits per heavy atom. The summed E-state index contributed by atoms with van der Waals surface area (Å²) in [5.74, 6) is -0.232. The van der Waals surface area contributed by atoms with Crippen LogP contribution < -0.4 is 5.32 Å². The lowest BCUT2D eigenvalue weighted by Crippen LogP contribution is -2.35. The number of carbonyl (C=O) groups excluding carboxylic acids is 2. The Kier molecular flexibility index (Phi) is 5.84. The second-order valence-corrected chi connectivity index (χ2v) is 8.20. The summed E-state index contributed by atoms with van der Waals surface area (Å²) in [6.07, 6.45) is 5.23. The summed E-state index contributed by atoms with van der Waals surface area (Å²) in [6, 6.07) is 15.7. The first-order valence-corrected chi connectivity index (χ1v) is 10.5. The van der Waals surface area contributed by atoms with Crippen LogP contribution >= 0.6 is 0 Å². The Morgan fingerprint density at radius 1 is 1.13 bits per heavy atom. The Hall–Kier alpha value is -3.48. The topological polar surface area (TPSA) is 86.1 Å². The standard InChI is InChI=1S/C24H26N4O3/c1-17(2)22-19(14-27-28(22)20-10-6-7-13-25-20)23(30)31-15-21(29)26-16-24(11-12-24)18-8-4-3-5-9-18/h3-10,13-14,17H,11-12,15-16H2,1-2H3,(H,26,29). The molecule has 0 saturated heterocycles. The average molecular weight is 418 g/mol. The highest BCUT2D eigenvalue weighted by atomic mass is 16.5. The van der Waals surface area contributed by atoms with Crippen molar-refractivity contribution in [3.63, 3.8) is 0 Å². The first-order chi connectivity index (χ1) is 15.0. The van der Waals surface area contributed by atoms with Gasteiger partial charge in [0, 0.05) is 18.2 Å². The number of aromatic nitrogens is 3. The number of pyridine rings is 1. The monoisotopic (exact) mass is 418 g/mol. The maximum atomic E-state index is 12.7. The van der Waals surface area contributed by atoms with Crippen molar-refractivity contribution in [1.82, 2.24) is 20.1 Å². The third-order valence-corrected chi connectivity index (χ3v) is 5.64. The first kappa shape index (κ1) is 20.8. The van der Waals surface area contributed by atoms with Gasteiger partial charge < -0.3 is 10.1 Å². The van der Waals surface area contributed by atoms with Crippen molar-refractivity contribution >= 4 is 11.9 Å². The summed E-state index contributed by atoms with van der Waals surface area (Å²) in [4.78, 5) is 29.3. The van der Waals surface area contributed by atoms with E-state index in [9.17, 15) is 9.59 Å². The lowest BCUT2D eigenvalue weighted by molar-refractivity contribution is -0.124. The van der Waals surface area contributed by atoms with Crippen molar-refractivity contribution in [2.75, 3.05) is 13.2 Å². The molecule has 3 aromatic rings. The lowest BCUT2D eigenvalue weighted by Gasteiger charge is -2.16. The Balaban J connectivity index is 1.37. The largest absolute Gasteiger partial charge is 0.452 e. The lowest BCUT2D eigenvalue weighted by atomic mass is 9.96. The van der Waals surface area contributed by atoms with Gasteiger partial charge in [-0.2, -0.15) is 5.10 Å². The molecular formula is C24H26N4O3. The highest BCUT2D eigenvalue weighted by molar-refractivity contribution is 5.92. The van der Waals surface area contributed by atoms with Crippen molar-refractivity contribution in [1.29, 1.82) is 0 Å². The highest BCUT2D eigenvalue weighted by Crippen LogP contribution is 2.47. The third kappa shape index (κ3) is 4.50. The van der Waals surface area contributed by atoms with E-state index in [0.29, 0.717) is 23.6 Å². The molecular weight excluding hydrogens is 392 g/mol. The normalized spacial score (nSPS) is 14.3. The molecule has 0 atom stereocenters. The average Bonchev–Trinajstić information content (AvgIpc) is 3.46. The molecule has 1 aliphatic rings. The van der Waals surface area contributed by atoms with Crippen molar-refractivity contribution in [3.05, 3.63) is 77.7 Å². The van der Waals surface area contributed by atoms with Gasteiger partial charge in [0.05, 0.1) is 11.9 Å². The van der Waals surface area contributed by atoms with Gasteiger partial charge in [-0.1, -0.05) is 50.2 Å². The molecule has 1 aliphatic carbocycles. The van der Waals surface area contributed by atoms with E-state index in [1.165, 1.54) is 11.8 Å². The number of rotatable bonds is 8. The van der Waals surface area contributed by atoms with Gasteiger partial charge in [-0.15, -0.1) is 0 Å². The van der Waals surface area contributed by atoms with Crippen LogP contribution in [0, 0.1) is 0 Å². The van der Waals surface area contributed by atoms with E-state index in [1.807, 2.05) is 50.2 Å². The smallest absolute Gasteiger partial charge is 0.342 e. The van der Waals surface area contributed by atoms with E-state index in [2.05, 4.69) is 27.5 Å². The molecule has 0 bridgehead atoms. The van der Waals surface area contributed by atoms with E-state index in [0.717, 1.165) is 12.8 Å². The zero-order valence-corrected chi connectivity index (χ0v) is 17.7. The van der Waals surface area contributed by atoms with Gasteiger partial charge in [-0.25, -0.2) is 14.5 Å². The number of hydrogen-bond donors (Lipinski definition) is 1. The number of amides is 1. The molecule has 0 spiro atoms. The van der Waals surface area contributed by atoms with Crippen molar-refractivity contribution < 1.29 is 14.3 Å². The van der Waals surface area contributed by atoms with Gasteiger partial charge in [0.1, 0.15) is 5.56 Å². The second-order valence-electron chi connectivity index (χ2n) is 8.20. The van der Waals surface area contributed by atoms with Crippen molar-refractivity contribution in [2.45, 2.75) is 38.0 Å². The predicted molar refractivity (Wildman–Crippen MR) is 116 cm³/mol. The number of nitrogens with one attached hydrogen (secondary N) is 1. The summed E-state index contributed by atoms with van der Waals surface area (Å²) in [5.41, 5.74) is 2.28. The molecule has 1 fully saturated rings. The molecule has 1 saturated carbocycles. The summed E-state index contributed by atoms with van der Waals surface area (Å²) < 4.78 is 6.93. The molecule has 1 amide bonds. The molecule has 1 aromatic carbocycles. The molecule has 0 aliphatic heterocycles.